The minimum Gasteiger partial charge on any atom is -0.462 e. The van der Waals surface area contributed by atoms with Crippen molar-refractivity contribution in [2.75, 3.05) is 37.7 Å². The van der Waals surface area contributed by atoms with E-state index in [0.717, 1.165) is 47.1 Å². The SMILES string of the molecule is CCOC(=O)c1sc2nc(C[NH+]3CCCCC3)nc(N3CCCCC3)c2c1C. The third-order valence-electron chi connectivity index (χ3n) is 5.90. The zero-order valence-corrected chi connectivity index (χ0v) is 17.9. The zero-order valence-electron chi connectivity index (χ0n) is 17.1. The number of nitrogens with one attached hydrogen (secondary N) is 1. The van der Waals surface area contributed by atoms with E-state index in [-0.39, 0.29) is 5.97 Å². The minimum absolute atomic E-state index is 0.240. The molecule has 2 fully saturated rings. The van der Waals surface area contributed by atoms with Crippen molar-refractivity contribution in [2.24, 2.45) is 0 Å². The lowest BCUT2D eigenvalue weighted by molar-refractivity contribution is -0.919. The Bertz CT molecular complexity index is 839. The Balaban J connectivity index is 1.75. The standard InChI is InChI=1S/C21H30N4O2S/c1-3-27-21(26)18-15(2)17-19(25-12-8-5-9-13-25)22-16(23-20(17)28-18)14-24-10-6-4-7-11-24/h3-14H2,1-2H3/p+1. The van der Waals surface area contributed by atoms with Gasteiger partial charge in [0, 0.05) is 13.1 Å². The molecule has 7 heteroatoms. The summed E-state index contributed by atoms with van der Waals surface area (Å²) in [7, 11) is 0. The maximum Gasteiger partial charge on any atom is 0.348 e. The van der Waals surface area contributed by atoms with Gasteiger partial charge in [0.15, 0.2) is 5.82 Å². The molecule has 0 radical (unpaired) electrons. The van der Waals surface area contributed by atoms with E-state index >= 15 is 0 Å². The summed E-state index contributed by atoms with van der Waals surface area (Å²) in [5, 5.41) is 1.05. The van der Waals surface area contributed by atoms with E-state index < -0.39 is 0 Å². The van der Waals surface area contributed by atoms with Gasteiger partial charge in [-0.25, -0.2) is 14.8 Å². The van der Waals surface area contributed by atoms with Crippen LogP contribution in [0.2, 0.25) is 0 Å². The molecule has 2 aromatic rings. The summed E-state index contributed by atoms with van der Waals surface area (Å²) in [6, 6.07) is 0. The van der Waals surface area contributed by atoms with Crippen LogP contribution < -0.4 is 9.80 Å². The molecule has 2 aromatic heterocycles. The van der Waals surface area contributed by atoms with Crippen LogP contribution in [0.4, 0.5) is 5.82 Å². The first-order chi connectivity index (χ1) is 13.7. The van der Waals surface area contributed by atoms with Gasteiger partial charge in [-0.15, -0.1) is 11.3 Å². The summed E-state index contributed by atoms with van der Waals surface area (Å²) < 4.78 is 5.28. The number of hydrogen-bond acceptors (Lipinski definition) is 6. The number of aromatic nitrogens is 2. The first-order valence-electron chi connectivity index (χ1n) is 10.7. The number of rotatable bonds is 5. The van der Waals surface area contributed by atoms with Crippen LogP contribution in [0, 0.1) is 6.92 Å². The van der Waals surface area contributed by atoms with Gasteiger partial charge < -0.3 is 14.5 Å². The molecule has 0 aromatic carbocycles. The summed E-state index contributed by atoms with van der Waals surface area (Å²) in [5.74, 6) is 1.71. The van der Waals surface area contributed by atoms with Crippen molar-refractivity contribution >= 4 is 33.3 Å². The number of carbonyl (C=O) groups excluding carboxylic acids is 1. The normalized spacial score (nSPS) is 18.6. The molecule has 0 atom stereocenters. The highest BCUT2D eigenvalue weighted by molar-refractivity contribution is 7.20. The van der Waals surface area contributed by atoms with E-state index in [1.165, 1.54) is 63.0 Å². The fraction of sp³-hybridized carbons (Fsp3) is 0.667. The average Bonchev–Trinajstić information content (AvgIpc) is 3.06. The van der Waals surface area contributed by atoms with Crippen LogP contribution in [0.3, 0.4) is 0 Å². The van der Waals surface area contributed by atoms with Gasteiger partial charge in [0.25, 0.3) is 0 Å². The lowest BCUT2D eigenvalue weighted by Crippen LogP contribution is -3.11. The van der Waals surface area contributed by atoms with Crippen molar-refractivity contribution in [1.29, 1.82) is 0 Å². The number of aryl methyl sites for hydroxylation is 1. The summed E-state index contributed by atoms with van der Waals surface area (Å²) in [6.07, 6.45) is 7.61. The molecule has 2 aliphatic rings. The number of thiophene rings is 1. The quantitative estimate of drug-likeness (QED) is 0.778. The topological polar surface area (TPSA) is 59.8 Å². The van der Waals surface area contributed by atoms with Gasteiger partial charge in [0.2, 0.25) is 0 Å². The van der Waals surface area contributed by atoms with Crippen molar-refractivity contribution in [3.05, 3.63) is 16.3 Å². The number of ether oxygens (including phenoxy) is 1. The van der Waals surface area contributed by atoms with Crippen LogP contribution in [0.5, 0.6) is 0 Å². The third-order valence-corrected chi connectivity index (χ3v) is 7.07. The molecule has 0 unspecified atom stereocenters. The van der Waals surface area contributed by atoms with Crippen molar-refractivity contribution in [2.45, 2.75) is 58.9 Å². The molecule has 2 aliphatic heterocycles. The van der Waals surface area contributed by atoms with Crippen molar-refractivity contribution in [3.8, 4) is 0 Å². The Morgan fingerprint density at radius 1 is 1.11 bits per heavy atom. The smallest absolute Gasteiger partial charge is 0.348 e. The minimum atomic E-state index is -0.240. The molecule has 0 bridgehead atoms. The molecule has 28 heavy (non-hydrogen) atoms. The Labute approximate surface area is 170 Å². The van der Waals surface area contributed by atoms with Crippen molar-refractivity contribution in [3.63, 3.8) is 0 Å². The molecule has 0 spiro atoms. The highest BCUT2D eigenvalue weighted by atomic mass is 32.1. The van der Waals surface area contributed by atoms with E-state index in [2.05, 4.69) is 4.90 Å². The largest absolute Gasteiger partial charge is 0.462 e. The maximum atomic E-state index is 12.4. The van der Waals surface area contributed by atoms with Crippen molar-refractivity contribution < 1.29 is 14.4 Å². The molecule has 0 aliphatic carbocycles. The number of likely N-dealkylation sites (tertiary alicyclic amines) is 1. The second-order valence-electron chi connectivity index (χ2n) is 7.96. The summed E-state index contributed by atoms with van der Waals surface area (Å²) in [6.45, 7) is 9.61. The number of quaternary nitrogens is 1. The van der Waals surface area contributed by atoms with Gasteiger partial charge >= 0.3 is 5.97 Å². The van der Waals surface area contributed by atoms with Gasteiger partial charge in [0.05, 0.1) is 25.1 Å². The number of fused-ring (bicyclic) bond motifs is 1. The number of nitrogens with zero attached hydrogens (tertiary/aromatic N) is 3. The van der Waals surface area contributed by atoms with Crippen LogP contribution in [0.1, 0.15) is 66.5 Å². The predicted molar refractivity (Wildman–Crippen MR) is 112 cm³/mol. The summed E-state index contributed by atoms with van der Waals surface area (Å²) in [4.78, 5) is 28.0. The molecule has 4 rings (SSSR count). The van der Waals surface area contributed by atoms with E-state index in [1.54, 1.807) is 4.90 Å². The molecule has 0 saturated carbocycles. The molecule has 1 N–H and O–H groups in total. The fourth-order valence-corrected chi connectivity index (χ4v) is 5.51. The second kappa shape index (κ2) is 8.74. The molecule has 152 valence electrons. The Morgan fingerprint density at radius 3 is 2.54 bits per heavy atom. The van der Waals surface area contributed by atoms with Crippen LogP contribution in [0.25, 0.3) is 10.2 Å². The Kier molecular flexibility index (Phi) is 6.11. The molecule has 4 heterocycles. The highest BCUT2D eigenvalue weighted by Gasteiger charge is 2.26. The molecule has 0 amide bonds. The number of carbonyl (C=O) groups is 1. The van der Waals surface area contributed by atoms with Gasteiger partial charge in [0.1, 0.15) is 22.1 Å². The van der Waals surface area contributed by atoms with Crippen LogP contribution in [0.15, 0.2) is 0 Å². The monoisotopic (exact) mass is 403 g/mol. The van der Waals surface area contributed by atoms with Gasteiger partial charge in [-0.1, -0.05) is 0 Å². The van der Waals surface area contributed by atoms with E-state index in [4.69, 9.17) is 14.7 Å². The van der Waals surface area contributed by atoms with E-state index in [0.29, 0.717) is 11.5 Å². The number of anilines is 1. The van der Waals surface area contributed by atoms with Gasteiger partial charge in [-0.2, -0.15) is 0 Å². The Morgan fingerprint density at radius 2 is 1.82 bits per heavy atom. The molecular formula is C21H31N4O2S+. The van der Waals surface area contributed by atoms with Crippen molar-refractivity contribution in [1.82, 2.24) is 9.97 Å². The third kappa shape index (κ3) is 4.01. The molecular weight excluding hydrogens is 372 g/mol. The van der Waals surface area contributed by atoms with Gasteiger partial charge in [-0.05, 0) is 57.9 Å². The maximum absolute atomic E-state index is 12.4. The van der Waals surface area contributed by atoms with Crippen LogP contribution in [-0.2, 0) is 11.3 Å². The first kappa shape index (κ1) is 19.6. The number of hydrogen-bond donors (Lipinski definition) is 1. The lowest BCUT2D eigenvalue weighted by Gasteiger charge is -2.29. The number of esters is 1. The Hall–Kier alpha value is -1.73. The van der Waals surface area contributed by atoms with E-state index in [9.17, 15) is 4.79 Å². The van der Waals surface area contributed by atoms with Gasteiger partial charge in [-0.3, -0.25) is 0 Å². The second-order valence-corrected chi connectivity index (χ2v) is 8.95. The summed E-state index contributed by atoms with van der Waals surface area (Å²) >= 11 is 1.46. The fourth-order valence-electron chi connectivity index (χ4n) is 4.42. The lowest BCUT2D eigenvalue weighted by atomic mass is 10.1. The van der Waals surface area contributed by atoms with Crippen LogP contribution >= 0.6 is 11.3 Å². The molecule has 6 nitrogen and oxygen atoms in total. The summed E-state index contributed by atoms with van der Waals surface area (Å²) in [5.41, 5.74) is 0.968. The highest BCUT2D eigenvalue weighted by Crippen LogP contribution is 2.36. The first-order valence-corrected chi connectivity index (χ1v) is 11.5. The number of piperidine rings is 2. The molecule has 2 saturated heterocycles. The van der Waals surface area contributed by atoms with E-state index in [1.807, 2.05) is 13.8 Å². The van der Waals surface area contributed by atoms with Crippen LogP contribution in [-0.4, -0.2) is 48.7 Å². The average molecular weight is 404 g/mol. The predicted octanol–water partition coefficient (Wildman–Crippen LogP) is 2.74. The zero-order chi connectivity index (χ0) is 19.5.